The van der Waals surface area contributed by atoms with E-state index in [-0.39, 0.29) is 12.4 Å². The highest BCUT2D eigenvalue weighted by molar-refractivity contribution is 8.06. The maximum Gasteiger partial charge on any atom is 0.330 e. The Hall–Kier alpha value is -1.02. The second kappa shape index (κ2) is 7.29. The van der Waals surface area contributed by atoms with Crippen LogP contribution in [-0.2, 0) is 14.3 Å². The van der Waals surface area contributed by atoms with Gasteiger partial charge in [-0.15, -0.1) is 0 Å². The molecule has 0 aromatic carbocycles. The minimum absolute atomic E-state index is 0.214. The number of esters is 1. The van der Waals surface area contributed by atoms with Gasteiger partial charge in [-0.25, -0.2) is 0 Å². The lowest BCUT2D eigenvalue weighted by molar-refractivity contribution is -0.149. The van der Waals surface area contributed by atoms with Crippen LogP contribution in [0.25, 0.3) is 0 Å². The van der Waals surface area contributed by atoms with Crippen LogP contribution in [0.4, 0.5) is 0 Å². The van der Waals surface area contributed by atoms with Gasteiger partial charge >= 0.3 is 5.97 Å². The Balaban J connectivity index is 5.01. The molecule has 0 aliphatic carbocycles. The van der Waals surface area contributed by atoms with Gasteiger partial charge in [0.05, 0.1) is 6.61 Å². The average Bonchev–Trinajstić information content (AvgIpc) is 2.24. The van der Waals surface area contributed by atoms with Gasteiger partial charge in [0.1, 0.15) is 5.40 Å². The number of nitriles is 1. The molecule has 0 bridgehead atoms. The Kier molecular flexibility index (Phi) is 6.82. The van der Waals surface area contributed by atoms with Crippen molar-refractivity contribution >= 4 is 23.5 Å². The molecule has 0 aromatic heterocycles. The lowest BCUT2D eigenvalue weighted by Crippen LogP contribution is -2.43. The maximum absolute atomic E-state index is 11.8. The standard InChI is InChI=1S/C11H17NO3S/c1-4-6-7-11(9(3)13,16-8-12)10(14)15-5-2/h4-7H2,1-3H3. The molecule has 0 aliphatic rings. The topological polar surface area (TPSA) is 67.2 Å². The SMILES string of the molecule is CCCCC(SC#N)(C(C)=O)C(=O)OCC. The Morgan fingerprint density at radius 2 is 2.06 bits per heavy atom. The number of Topliss-reactive ketones (excluding diaryl/α,β-unsaturated/α-hetero) is 1. The molecule has 0 amide bonds. The number of hydrogen-bond donors (Lipinski definition) is 0. The van der Waals surface area contributed by atoms with Crippen LogP contribution < -0.4 is 0 Å². The molecule has 90 valence electrons. The lowest BCUT2D eigenvalue weighted by atomic mass is 9.97. The second-order valence-corrected chi connectivity index (χ2v) is 4.48. The molecule has 0 aromatic rings. The quantitative estimate of drug-likeness (QED) is 0.390. The van der Waals surface area contributed by atoms with Crippen molar-refractivity contribution < 1.29 is 14.3 Å². The van der Waals surface area contributed by atoms with E-state index in [1.54, 1.807) is 6.92 Å². The van der Waals surface area contributed by atoms with E-state index in [2.05, 4.69) is 0 Å². The first-order valence-corrected chi connectivity index (χ1v) is 6.12. The molecular formula is C11H17NO3S. The van der Waals surface area contributed by atoms with Gasteiger partial charge in [-0.2, -0.15) is 5.26 Å². The van der Waals surface area contributed by atoms with Crippen LogP contribution in [0.15, 0.2) is 0 Å². The average molecular weight is 243 g/mol. The molecule has 0 rings (SSSR count). The molecular weight excluding hydrogens is 226 g/mol. The van der Waals surface area contributed by atoms with E-state index < -0.39 is 10.7 Å². The van der Waals surface area contributed by atoms with Gasteiger partial charge in [-0.05, 0) is 32.0 Å². The highest BCUT2D eigenvalue weighted by Gasteiger charge is 2.45. The molecule has 1 unspecified atom stereocenters. The number of hydrogen-bond acceptors (Lipinski definition) is 5. The molecule has 0 radical (unpaired) electrons. The summed E-state index contributed by atoms with van der Waals surface area (Å²) in [6.07, 6.45) is 1.93. The summed E-state index contributed by atoms with van der Waals surface area (Å²) in [5.74, 6) is -0.909. The van der Waals surface area contributed by atoms with Gasteiger partial charge in [-0.3, -0.25) is 9.59 Å². The normalized spacial score (nSPS) is 13.6. The highest BCUT2D eigenvalue weighted by Crippen LogP contribution is 2.33. The summed E-state index contributed by atoms with van der Waals surface area (Å²) in [7, 11) is 0. The molecule has 0 spiro atoms. The fourth-order valence-electron chi connectivity index (χ4n) is 1.34. The van der Waals surface area contributed by atoms with Crippen LogP contribution >= 0.6 is 11.8 Å². The number of unbranched alkanes of at least 4 members (excludes halogenated alkanes) is 1. The van der Waals surface area contributed by atoms with E-state index in [4.69, 9.17) is 10.00 Å². The summed E-state index contributed by atoms with van der Waals surface area (Å²) in [6, 6.07) is 0. The van der Waals surface area contributed by atoms with Crippen LogP contribution in [0.3, 0.4) is 0 Å². The lowest BCUT2D eigenvalue weighted by Gasteiger charge is -2.24. The van der Waals surface area contributed by atoms with Crippen molar-refractivity contribution in [3.63, 3.8) is 0 Å². The van der Waals surface area contributed by atoms with Crippen molar-refractivity contribution in [1.29, 1.82) is 5.26 Å². The van der Waals surface area contributed by atoms with Crippen LogP contribution in [-0.4, -0.2) is 23.1 Å². The minimum atomic E-state index is -1.33. The third-order valence-corrected chi connectivity index (χ3v) is 3.37. The van der Waals surface area contributed by atoms with Crippen molar-refractivity contribution in [3.8, 4) is 5.40 Å². The molecule has 0 aliphatic heterocycles. The van der Waals surface area contributed by atoms with Crippen molar-refractivity contribution in [2.45, 2.75) is 44.8 Å². The zero-order chi connectivity index (χ0) is 12.6. The number of carbonyl (C=O) groups excluding carboxylic acids is 2. The van der Waals surface area contributed by atoms with Gasteiger partial charge in [-0.1, -0.05) is 19.8 Å². The van der Waals surface area contributed by atoms with Crippen LogP contribution in [0.5, 0.6) is 0 Å². The Labute approximate surface area is 100 Å². The molecule has 16 heavy (non-hydrogen) atoms. The minimum Gasteiger partial charge on any atom is -0.465 e. The van der Waals surface area contributed by atoms with Gasteiger partial charge in [0.15, 0.2) is 10.5 Å². The number of carbonyl (C=O) groups is 2. The number of nitrogens with zero attached hydrogens (tertiary/aromatic N) is 1. The van der Waals surface area contributed by atoms with Crippen molar-refractivity contribution in [3.05, 3.63) is 0 Å². The van der Waals surface area contributed by atoms with Crippen molar-refractivity contribution in [1.82, 2.24) is 0 Å². The number of thiocyanates is 1. The number of ketones is 1. The van der Waals surface area contributed by atoms with Gasteiger partial charge in [0, 0.05) is 0 Å². The number of rotatable bonds is 7. The summed E-state index contributed by atoms with van der Waals surface area (Å²) >= 11 is 0.701. The van der Waals surface area contributed by atoms with E-state index >= 15 is 0 Å². The fraction of sp³-hybridized carbons (Fsp3) is 0.727. The summed E-state index contributed by atoms with van der Waals surface area (Å²) in [5, 5.41) is 10.6. The molecule has 0 fully saturated rings. The van der Waals surface area contributed by atoms with Gasteiger partial charge in [0.25, 0.3) is 0 Å². The van der Waals surface area contributed by atoms with E-state index in [0.717, 1.165) is 6.42 Å². The first-order valence-electron chi connectivity index (χ1n) is 5.30. The predicted molar refractivity (Wildman–Crippen MR) is 62.8 cm³/mol. The Bertz CT molecular complexity index is 298. The molecule has 0 saturated carbocycles. The Morgan fingerprint density at radius 1 is 1.44 bits per heavy atom. The smallest absolute Gasteiger partial charge is 0.330 e. The van der Waals surface area contributed by atoms with Crippen molar-refractivity contribution in [2.24, 2.45) is 0 Å². The van der Waals surface area contributed by atoms with Gasteiger partial charge < -0.3 is 4.74 Å². The number of ether oxygens (including phenoxy) is 1. The molecule has 0 N–H and O–H groups in total. The zero-order valence-corrected chi connectivity index (χ0v) is 10.7. The van der Waals surface area contributed by atoms with Crippen molar-refractivity contribution in [2.75, 3.05) is 6.61 Å². The largest absolute Gasteiger partial charge is 0.465 e. The monoisotopic (exact) mass is 243 g/mol. The molecule has 0 heterocycles. The fourth-order valence-corrected chi connectivity index (χ4v) is 2.03. The number of thioether (sulfide) groups is 1. The molecule has 0 saturated heterocycles. The van der Waals surface area contributed by atoms with E-state index in [9.17, 15) is 9.59 Å². The van der Waals surface area contributed by atoms with Crippen LogP contribution in [0.1, 0.15) is 40.0 Å². The Morgan fingerprint density at radius 3 is 2.44 bits per heavy atom. The first-order chi connectivity index (χ1) is 7.55. The zero-order valence-electron chi connectivity index (χ0n) is 9.91. The van der Waals surface area contributed by atoms with E-state index in [1.165, 1.54) is 6.92 Å². The van der Waals surface area contributed by atoms with Gasteiger partial charge in [0.2, 0.25) is 0 Å². The molecule has 5 heteroatoms. The maximum atomic E-state index is 11.8. The predicted octanol–water partition coefficient (Wildman–Crippen LogP) is 2.28. The highest BCUT2D eigenvalue weighted by atomic mass is 32.2. The second-order valence-electron chi connectivity index (χ2n) is 3.40. The van der Waals surface area contributed by atoms with E-state index in [1.807, 2.05) is 12.3 Å². The first kappa shape index (κ1) is 15.0. The third kappa shape index (κ3) is 3.53. The van der Waals surface area contributed by atoms with E-state index in [0.29, 0.717) is 24.6 Å². The molecule has 4 nitrogen and oxygen atoms in total. The summed E-state index contributed by atoms with van der Waals surface area (Å²) in [6.45, 7) is 5.19. The van der Waals surface area contributed by atoms with Crippen LogP contribution in [0, 0.1) is 10.7 Å². The summed E-state index contributed by atoms with van der Waals surface area (Å²) < 4.78 is 3.55. The third-order valence-electron chi connectivity index (χ3n) is 2.28. The van der Waals surface area contributed by atoms with Crippen LogP contribution in [0.2, 0.25) is 0 Å². The molecule has 1 atom stereocenters. The summed E-state index contributed by atoms with van der Waals surface area (Å²) in [4.78, 5) is 23.4. The summed E-state index contributed by atoms with van der Waals surface area (Å²) in [5.41, 5.74) is 0.